The van der Waals surface area contributed by atoms with Crippen molar-refractivity contribution < 1.29 is 32.8 Å². The predicted octanol–water partition coefficient (Wildman–Crippen LogP) is -1.14. The predicted molar refractivity (Wildman–Crippen MR) is 50.5 cm³/mol. The molecule has 14 heavy (non-hydrogen) atoms. The number of rotatable bonds is 2. The monoisotopic (exact) mass is 254 g/mol. The van der Waals surface area contributed by atoms with E-state index in [-0.39, 0.29) is 53.0 Å². The molecule has 0 spiro atoms. The van der Waals surface area contributed by atoms with Crippen LogP contribution in [0.25, 0.3) is 0 Å². The number of carbonyl (C=O) groups is 1. The number of aliphatic hydroxyl groups is 4. The summed E-state index contributed by atoms with van der Waals surface area (Å²) in [5.41, 5.74) is 0. The van der Waals surface area contributed by atoms with Crippen molar-refractivity contribution in [2.45, 2.75) is 12.2 Å². The Balaban J connectivity index is -0.000000180. The number of hydrogen-bond donors (Lipinski definition) is 4. The number of carbonyl (C=O) groups excluding carboxylic acids is 1. The Morgan fingerprint density at radius 3 is 2.29 bits per heavy atom. The van der Waals surface area contributed by atoms with E-state index in [0.717, 1.165) is 0 Å². The van der Waals surface area contributed by atoms with Crippen molar-refractivity contribution in [1.29, 1.82) is 0 Å². The molecule has 2 atom stereocenters. The van der Waals surface area contributed by atoms with Crippen molar-refractivity contribution in [3.63, 3.8) is 0 Å². The van der Waals surface area contributed by atoms with E-state index < -0.39 is 36.3 Å². The van der Waals surface area contributed by atoms with Gasteiger partial charge in [-0.25, -0.2) is 4.79 Å². The molecule has 1 aliphatic rings. The molecule has 0 radical (unpaired) electrons. The molecule has 1 unspecified atom stereocenters. The van der Waals surface area contributed by atoms with Gasteiger partial charge in [-0.1, -0.05) is 0 Å². The first-order valence-corrected chi connectivity index (χ1v) is 3.20. The summed E-state index contributed by atoms with van der Waals surface area (Å²) in [6.45, 7) is -0.671. The second kappa shape index (κ2) is 6.71. The number of cyclic esters (lactones) is 1. The number of esters is 1. The van der Waals surface area contributed by atoms with Crippen LogP contribution >= 0.6 is 12.4 Å². The van der Waals surface area contributed by atoms with Crippen LogP contribution in [0.3, 0.4) is 0 Å². The molecule has 0 aromatic rings. The summed E-state index contributed by atoms with van der Waals surface area (Å²) in [7, 11) is 0. The molecule has 0 aromatic heterocycles. The maximum absolute atomic E-state index is 10.5. The molecule has 0 saturated heterocycles. The summed E-state index contributed by atoms with van der Waals surface area (Å²) in [6, 6.07) is 0. The summed E-state index contributed by atoms with van der Waals surface area (Å²) in [4.78, 5) is 10.5. The van der Waals surface area contributed by atoms with E-state index in [1.807, 2.05) is 0 Å². The van der Waals surface area contributed by atoms with E-state index in [1.54, 1.807) is 0 Å². The Morgan fingerprint density at radius 2 is 2.00 bits per heavy atom. The molecule has 1 aliphatic heterocycles. The van der Waals surface area contributed by atoms with Crippen molar-refractivity contribution in [2.24, 2.45) is 0 Å². The Kier molecular flexibility index (Phi) is 8.00. The number of ether oxygens (including phenoxy) is 1. The maximum Gasteiger partial charge on any atom is 2.00 e. The van der Waals surface area contributed by atoms with Crippen LogP contribution in [-0.4, -0.2) is 82.9 Å². The third-order valence-electron chi connectivity index (χ3n) is 1.48. The zero-order chi connectivity index (χ0) is 9.30. The van der Waals surface area contributed by atoms with Gasteiger partial charge in [0.2, 0.25) is 5.76 Å². The maximum atomic E-state index is 10.5. The van der Waals surface area contributed by atoms with Gasteiger partial charge in [0.15, 0.2) is 11.9 Å². The first-order valence-electron chi connectivity index (χ1n) is 3.20. The molecule has 0 bridgehead atoms. The molecule has 0 saturated carbocycles. The molecule has 6 nitrogen and oxygen atoms in total. The van der Waals surface area contributed by atoms with Gasteiger partial charge in [0, 0.05) is 0 Å². The summed E-state index contributed by atoms with van der Waals surface area (Å²) in [6.07, 6.45) is -2.78. The third-order valence-corrected chi connectivity index (χ3v) is 1.48. The smallest absolute Gasteiger partial charge is 1.00 e. The standard InChI is InChI=1S/C6H8O6.Ca.ClH.2H/c7-1-2(8)5-3(9)4(10)6(11)12-5;;;;/h2,5,7-10H,1H2;;1H;;/q;+2;;2*-1/t2?,5-;;;;/m1..../s1. The Morgan fingerprint density at radius 1 is 1.50 bits per heavy atom. The second-order valence-electron chi connectivity index (χ2n) is 2.31. The summed E-state index contributed by atoms with van der Waals surface area (Å²) in [5.74, 6) is -2.78. The minimum Gasteiger partial charge on any atom is -1.00 e. The summed E-state index contributed by atoms with van der Waals surface area (Å²) >= 11 is 0. The zero-order valence-electron chi connectivity index (χ0n) is 9.08. The Labute approximate surface area is 119 Å². The van der Waals surface area contributed by atoms with Crippen LogP contribution in [0.15, 0.2) is 11.5 Å². The fraction of sp³-hybridized carbons (Fsp3) is 0.500. The summed E-state index contributed by atoms with van der Waals surface area (Å²) < 4.78 is 4.32. The summed E-state index contributed by atoms with van der Waals surface area (Å²) in [5, 5.41) is 35.0. The van der Waals surface area contributed by atoms with E-state index in [9.17, 15) is 4.79 Å². The van der Waals surface area contributed by atoms with Gasteiger partial charge in [-0.3, -0.25) is 0 Å². The molecule has 1 rings (SSSR count). The molecule has 80 valence electrons. The largest absolute Gasteiger partial charge is 2.00 e. The molecule has 0 amide bonds. The average molecular weight is 255 g/mol. The molecular formula is C6H11CaClO6. The van der Waals surface area contributed by atoms with Gasteiger partial charge in [0.1, 0.15) is 6.10 Å². The molecule has 4 N–H and O–H groups in total. The van der Waals surface area contributed by atoms with E-state index in [4.69, 9.17) is 20.4 Å². The Bertz CT molecular complexity index is 251. The normalized spacial score (nSPS) is 22.1. The topological polar surface area (TPSA) is 107 Å². The van der Waals surface area contributed by atoms with Gasteiger partial charge >= 0.3 is 43.7 Å². The molecule has 0 aromatic carbocycles. The zero-order valence-corrected chi connectivity index (χ0v) is 10.1. The van der Waals surface area contributed by atoms with Crippen molar-refractivity contribution in [2.75, 3.05) is 6.61 Å². The van der Waals surface area contributed by atoms with Gasteiger partial charge in [-0.05, 0) is 0 Å². The van der Waals surface area contributed by atoms with E-state index in [1.165, 1.54) is 0 Å². The molecular weight excluding hydrogens is 244 g/mol. The molecule has 1 heterocycles. The van der Waals surface area contributed by atoms with Gasteiger partial charge in [-0.15, -0.1) is 12.4 Å². The van der Waals surface area contributed by atoms with Crippen LogP contribution < -0.4 is 0 Å². The second-order valence-corrected chi connectivity index (χ2v) is 2.31. The minimum atomic E-state index is -1.42. The van der Waals surface area contributed by atoms with Crippen LogP contribution in [0.2, 0.25) is 0 Å². The SMILES string of the molecule is Cl.O=C1O[C@H](C(O)CO)C(O)=C1O.[Ca+2].[H-].[H-]. The van der Waals surface area contributed by atoms with Crippen LogP contribution in [-0.2, 0) is 9.53 Å². The molecule has 8 heteroatoms. The van der Waals surface area contributed by atoms with Crippen molar-refractivity contribution in [1.82, 2.24) is 0 Å². The van der Waals surface area contributed by atoms with Crippen LogP contribution in [0.5, 0.6) is 0 Å². The van der Waals surface area contributed by atoms with Crippen molar-refractivity contribution in [3.05, 3.63) is 11.5 Å². The van der Waals surface area contributed by atoms with Crippen molar-refractivity contribution >= 4 is 56.1 Å². The number of halogens is 1. The van der Waals surface area contributed by atoms with E-state index >= 15 is 0 Å². The Hall–Kier alpha value is 0.280. The fourth-order valence-electron chi connectivity index (χ4n) is 0.823. The van der Waals surface area contributed by atoms with Crippen LogP contribution in [0.4, 0.5) is 0 Å². The minimum absolute atomic E-state index is 0. The van der Waals surface area contributed by atoms with Gasteiger partial charge in [0.25, 0.3) is 0 Å². The molecule has 0 aliphatic carbocycles. The first kappa shape index (κ1) is 16.7. The quantitative estimate of drug-likeness (QED) is 0.367. The van der Waals surface area contributed by atoms with Crippen LogP contribution in [0.1, 0.15) is 2.85 Å². The third kappa shape index (κ3) is 3.15. The van der Waals surface area contributed by atoms with Gasteiger partial charge in [-0.2, -0.15) is 0 Å². The fourth-order valence-corrected chi connectivity index (χ4v) is 0.823. The number of aliphatic hydroxyl groups excluding tert-OH is 4. The van der Waals surface area contributed by atoms with Crippen molar-refractivity contribution in [3.8, 4) is 0 Å². The van der Waals surface area contributed by atoms with Gasteiger partial charge in [0.05, 0.1) is 6.61 Å². The molecule has 0 fully saturated rings. The van der Waals surface area contributed by atoms with Crippen LogP contribution in [0, 0.1) is 0 Å². The van der Waals surface area contributed by atoms with E-state index in [2.05, 4.69) is 4.74 Å². The number of hydrogen-bond acceptors (Lipinski definition) is 6. The average Bonchev–Trinajstić information content (AvgIpc) is 2.32. The first-order chi connectivity index (χ1) is 5.57. The van der Waals surface area contributed by atoms with Gasteiger partial charge < -0.3 is 28.0 Å². The van der Waals surface area contributed by atoms with E-state index in [0.29, 0.717) is 0 Å².